The molecule has 0 aliphatic carbocycles. The number of aromatic nitrogens is 2. The number of para-hydroxylation sites is 2. The number of carbonyl (C=O) groups excluding carboxylic acids is 1. The Morgan fingerprint density at radius 1 is 1.09 bits per heavy atom. The second-order valence-corrected chi connectivity index (χ2v) is 4.95. The third-order valence-corrected chi connectivity index (χ3v) is 3.24. The summed E-state index contributed by atoms with van der Waals surface area (Å²) in [5.41, 5.74) is 2.89. The number of carbonyl (C=O) groups is 1. The molecule has 22 heavy (non-hydrogen) atoms. The number of hydrogen-bond donors (Lipinski definition) is 2. The zero-order valence-electron chi connectivity index (χ0n) is 12.1. The molecule has 0 aliphatic rings. The first kappa shape index (κ1) is 14.3. The summed E-state index contributed by atoms with van der Waals surface area (Å²) in [4.78, 5) is 19.3. The number of aromatic amines is 1. The van der Waals surface area contributed by atoms with E-state index in [4.69, 9.17) is 4.74 Å². The molecule has 0 bridgehead atoms. The average Bonchev–Trinajstić information content (AvgIpc) is 2.96. The van der Waals surface area contributed by atoms with Crippen molar-refractivity contribution < 1.29 is 9.53 Å². The van der Waals surface area contributed by atoms with Crippen molar-refractivity contribution in [3.05, 3.63) is 66.0 Å². The van der Waals surface area contributed by atoms with Crippen LogP contribution in [0.3, 0.4) is 0 Å². The summed E-state index contributed by atoms with van der Waals surface area (Å²) in [6, 6.07) is 17.4. The van der Waals surface area contributed by atoms with E-state index in [9.17, 15) is 4.79 Å². The summed E-state index contributed by atoms with van der Waals surface area (Å²) >= 11 is 0. The molecule has 0 spiro atoms. The Kier molecular flexibility index (Phi) is 4.46. The van der Waals surface area contributed by atoms with Gasteiger partial charge in [0.05, 0.1) is 24.1 Å². The Bertz CT molecular complexity index is 720. The molecule has 2 N–H and O–H groups in total. The Labute approximate surface area is 128 Å². The van der Waals surface area contributed by atoms with E-state index in [1.54, 1.807) is 0 Å². The van der Waals surface area contributed by atoms with Gasteiger partial charge in [0.15, 0.2) is 0 Å². The Morgan fingerprint density at radius 2 is 1.86 bits per heavy atom. The molecule has 112 valence electrons. The second-order valence-electron chi connectivity index (χ2n) is 4.95. The molecular weight excluding hydrogens is 278 g/mol. The van der Waals surface area contributed by atoms with Crippen LogP contribution in [0.2, 0.25) is 0 Å². The highest BCUT2D eigenvalue weighted by Crippen LogP contribution is 2.09. The van der Waals surface area contributed by atoms with Crippen LogP contribution in [-0.4, -0.2) is 22.5 Å². The number of nitrogens with one attached hydrogen (secondary N) is 2. The lowest BCUT2D eigenvalue weighted by Crippen LogP contribution is -2.24. The number of benzene rings is 2. The lowest BCUT2D eigenvalue weighted by atomic mass is 10.2. The fraction of sp³-hybridized carbons (Fsp3) is 0.176. The molecule has 5 heteroatoms. The van der Waals surface area contributed by atoms with Gasteiger partial charge >= 0.3 is 5.97 Å². The molecule has 0 saturated heterocycles. The van der Waals surface area contributed by atoms with Crippen LogP contribution in [0.5, 0.6) is 0 Å². The molecule has 2 aromatic carbocycles. The molecule has 1 heterocycles. The predicted molar refractivity (Wildman–Crippen MR) is 84.0 cm³/mol. The van der Waals surface area contributed by atoms with Crippen LogP contribution in [0.15, 0.2) is 54.6 Å². The van der Waals surface area contributed by atoms with E-state index in [0.717, 1.165) is 22.4 Å². The summed E-state index contributed by atoms with van der Waals surface area (Å²) in [5, 5.41) is 3.03. The number of H-pyrrole nitrogens is 1. The fourth-order valence-corrected chi connectivity index (χ4v) is 2.16. The van der Waals surface area contributed by atoms with Crippen LogP contribution in [-0.2, 0) is 22.7 Å². The minimum atomic E-state index is -0.278. The number of esters is 1. The Hall–Kier alpha value is -2.66. The van der Waals surface area contributed by atoms with Crippen molar-refractivity contribution in [2.75, 3.05) is 6.54 Å². The minimum absolute atomic E-state index is 0.157. The molecule has 0 fully saturated rings. The van der Waals surface area contributed by atoms with E-state index in [0.29, 0.717) is 13.2 Å². The van der Waals surface area contributed by atoms with Crippen molar-refractivity contribution in [1.29, 1.82) is 0 Å². The highest BCUT2D eigenvalue weighted by atomic mass is 16.5. The van der Waals surface area contributed by atoms with Crippen molar-refractivity contribution >= 4 is 17.0 Å². The maximum atomic E-state index is 11.7. The molecule has 3 aromatic rings. The Morgan fingerprint density at radius 3 is 2.68 bits per heavy atom. The number of rotatable bonds is 6. The number of fused-ring (bicyclic) bond motifs is 1. The summed E-state index contributed by atoms with van der Waals surface area (Å²) < 4.78 is 5.19. The molecule has 0 radical (unpaired) electrons. The molecule has 1 aromatic heterocycles. The quantitative estimate of drug-likeness (QED) is 0.685. The van der Waals surface area contributed by atoms with Gasteiger partial charge in [-0.25, -0.2) is 4.98 Å². The first-order valence-corrected chi connectivity index (χ1v) is 7.15. The van der Waals surface area contributed by atoms with Crippen LogP contribution in [0.4, 0.5) is 0 Å². The van der Waals surface area contributed by atoms with Gasteiger partial charge in [0.25, 0.3) is 0 Å². The van der Waals surface area contributed by atoms with E-state index >= 15 is 0 Å². The first-order chi connectivity index (χ1) is 10.8. The zero-order valence-corrected chi connectivity index (χ0v) is 12.1. The van der Waals surface area contributed by atoms with Crippen molar-refractivity contribution in [2.45, 2.75) is 13.2 Å². The van der Waals surface area contributed by atoms with Crippen LogP contribution in [0.25, 0.3) is 11.0 Å². The third kappa shape index (κ3) is 3.71. The van der Waals surface area contributed by atoms with E-state index in [-0.39, 0.29) is 12.5 Å². The lowest BCUT2D eigenvalue weighted by molar-refractivity contribution is -0.143. The highest BCUT2D eigenvalue weighted by Gasteiger charge is 2.05. The maximum absolute atomic E-state index is 11.7. The highest BCUT2D eigenvalue weighted by molar-refractivity contribution is 5.74. The predicted octanol–water partition coefficient (Wildman–Crippen LogP) is 2.40. The van der Waals surface area contributed by atoms with Gasteiger partial charge in [-0.3, -0.25) is 10.1 Å². The van der Waals surface area contributed by atoms with Crippen LogP contribution in [0, 0.1) is 0 Å². The van der Waals surface area contributed by atoms with Gasteiger partial charge in [0, 0.05) is 0 Å². The smallest absolute Gasteiger partial charge is 0.320 e. The van der Waals surface area contributed by atoms with Gasteiger partial charge in [-0.05, 0) is 17.7 Å². The van der Waals surface area contributed by atoms with Gasteiger partial charge in [-0.15, -0.1) is 0 Å². The van der Waals surface area contributed by atoms with Gasteiger partial charge in [0.2, 0.25) is 0 Å². The molecule has 0 unspecified atom stereocenters. The van der Waals surface area contributed by atoms with E-state index in [1.807, 2.05) is 54.6 Å². The van der Waals surface area contributed by atoms with Crippen LogP contribution in [0.1, 0.15) is 11.4 Å². The molecule has 0 aliphatic heterocycles. The molecule has 0 saturated carbocycles. The van der Waals surface area contributed by atoms with Crippen molar-refractivity contribution in [1.82, 2.24) is 15.3 Å². The van der Waals surface area contributed by atoms with E-state index in [2.05, 4.69) is 15.3 Å². The van der Waals surface area contributed by atoms with Crippen LogP contribution >= 0.6 is 0 Å². The van der Waals surface area contributed by atoms with Gasteiger partial charge in [-0.1, -0.05) is 42.5 Å². The average molecular weight is 295 g/mol. The minimum Gasteiger partial charge on any atom is -0.460 e. The van der Waals surface area contributed by atoms with Gasteiger partial charge in [0.1, 0.15) is 12.4 Å². The fourth-order valence-electron chi connectivity index (χ4n) is 2.16. The van der Waals surface area contributed by atoms with E-state index < -0.39 is 0 Å². The van der Waals surface area contributed by atoms with Gasteiger partial charge < -0.3 is 9.72 Å². The number of ether oxygens (including phenoxy) is 1. The molecule has 5 nitrogen and oxygen atoms in total. The maximum Gasteiger partial charge on any atom is 0.320 e. The van der Waals surface area contributed by atoms with Crippen molar-refractivity contribution in [3.63, 3.8) is 0 Å². The molecule has 0 atom stereocenters. The molecule has 0 amide bonds. The summed E-state index contributed by atoms with van der Waals surface area (Å²) in [5.74, 6) is 0.525. The van der Waals surface area contributed by atoms with Crippen molar-refractivity contribution in [3.8, 4) is 0 Å². The van der Waals surface area contributed by atoms with Crippen molar-refractivity contribution in [2.24, 2.45) is 0 Å². The monoisotopic (exact) mass is 295 g/mol. The largest absolute Gasteiger partial charge is 0.460 e. The lowest BCUT2D eigenvalue weighted by Gasteiger charge is -2.05. The summed E-state index contributed by atoms with van der Waals surface area (Å²) in [6.07, 6.45) is 0. The Balaban J connectivity index is 1.43. The third-order valence-electron chi connectivity index (χ3n) is 3.24. The normalized spacial score (nSPS) is 10.7. The number of hydrogen-bond acceptors (Lipinski definition) is 4. The molecule has 3 rings (SSSR count). The topological polar surface area (TPSA) is 67.0 Å². The standard InChI is InChI=1S/C17H17N3O2/c21-17(22-12-13-6-2-1-3-7-13)11-18-10-16-19-14-8-4-5-9-15(14)20-16/h1-9,18H,10-12H2,(H,19,20). The van der Waals surface area contributed by atoms with Gasteiger partial charge in [-0.2, -0.15) is 0 Å². The number of imidazole rings is 1. The zero-order chi connectivity index (χ0) is 15.2. The van der Waals surface area contributed by atoms with E-state index in [1.165, 1.54) is 0 Å². The summed E-state index contributed by atoms with van der Waals surface area (Å²) in [6.45, 7) is 0.949. The number of nitrogens with zero attached hydrogens (tertiary/aromatic N) is 1. The second kappa shape index (κ2) is 6.87. The van der Waals surface area contributed by atoms with Crippen LogP contribution < -0.4 is 5.32 Å². The SMILES string of the molecule is O=C(CNCc1nc2ccccc2[nH]1)OCc1ccccc1. The summed E-state index contributed by atoms with van der Waals surface area (Å²) in [7, 11) is 0. The first-order valence-electron chi connectivity index (χ1n) is 7.15. The molecular formula is C17H17N3O2.